The first-order valence-corrected chi connectivity index (χ1v) is 15.4. The summed E-state index contributed by atoms with van der Waals surface area (Å²) in [4.78, 5) is 17.1. The van der Waals surface area contributed by atoms with Gasteiger partial charge in [0.1, 0.15) is 18.1 Å². The molecule has 0 radical (unpaired) electrons. The zero-order valence-electron chi connectivity index (χ0n) is 21.6. The molecule has 0 N–H and O–H groups in total. The van der Waals surface area contributed by atoms with E-state index in [4.69, 9.17) is 8.92 Å². The maximum absolute atomic E-state index is 13.9. The Labute approximate surface area is 227 Å². The molecule has 0 spiro atoms. The first-order valence-electron chi connectivity index (χ1n) is 12.8. The lowest BCUT2D eigenvalue weighted by Crippen LogP contribution is -2.33. The van der Waals surface area contributed by atoms with Gasteiger partial charge in [0.25, 0.3) is 0 Å². The summed E-state index contributed by atoms with van der Waals surface area (Å²) in [5.41, 5.74) is 3.22. The maximum atomic E-state index is 13.9. The molecule has 3 aromatic carbocycles. The predicted molar refractivity (Wildman–Crippen MR) is 153 cm³/mol. The van der Waals surface area contributed by atoms with Gasteiger partial charge in [0, 0.05) is 32.6 Å². The van der Waals surface area contributed by atoms with Gasteiger partial charge in [-0.15, -0.1) is 11.3 Å². The van der Waals surface area contributed by atoms with E-state index in [1.165, 1.54) is 30.6 Å². The standard InChI is InChI=1S/C30H31NO5S2/c1-21-6-8-23(9-7-21)30-28(26-15-14-25(20-27(26)37-30)36-38(2,33)34)29(32)22-10-12-24(13-11-22)35-19-18-31-16-4-3-5-17-31/h6-15,20H,3-5,16-19H2,1-2H3. The van der Waals surface area contributed by atoms with Gasteiger partial charge in [0.15, 0.2) is 5.78 Å². The average molecular weight is 550 g/mol. The van der Waals surface area contributed by atoms with E-state index in [9.17, 15) is 13.2 Å². The Hall–Kier alpha value is -3.20. The summed E-state index contributed by atoms with van der Waals surface area (Å²) in [5, 5.41) is 0.762. The van der Waals surface area contributed by atoms with Gasteiger partial charge in [-0.25, -0.2) is 0 Å². The van der Waals surface area contributed by atoms with Crippen LogP contribution in [0.5, 0.6) is 11.5 Å². The van der Waals surface area contributed by atoms with Crippen LogP contribution in [0.4, 0.5) is 0 Å². The Morgan fingerprint density at radius 3 is 2.29 bits per heavy atom. The van der Waals surface area contributed by atoms with Crippen LogP contribution >= 0.6 is 11.3 Å². The highest BCUT2D eigenvalue weighted by Crippen LogP contribution is 2.41. The zero-order chi connectivity index (χ0) is 26.7. The molecule has 1 aliphatic rings. The SMILES string of the molecule is Cc1ccc(-c2sc3cc(OS(C)(=O)=O)ccc3c2C(=O)c2ccc(OCCN3CCCCC3)cc2)cc1. The number of hydrogen-bond donors (Lipinski definition) is 0. The second-order valence-corrected chi connectivity index (χ2v) is 12.3. The fourth-order valence-corrected chi connectivity index (χ4v) is 6.45. The highest BCUT2D eigenvalue weighted by atomic mass is 32.2. The number of piperidine rings is 1. The number of benzene rings is 3. The molecule has 0 aliphatic carbocycles. The van der Waals surface area contributed by atoms with Crippen molar-refractivity contribution in [1.29, 1.82) is 0 Å². The van der Waals surface area contributed by atoms with Gasteiger partial charge in [-0.05, 0) is 80.9 Å². The van der Waals surface area contributed by atoms with E-state index in [2.05, 4.69) is 4.90 Å². The molecule has 0 bridgehead atoms. The monoisotopic (exact) mass is 549 g/mol. The predicted octanol–water partition coefficient (Wildman–Crippen LogP) is 6.31. The highest BCUT2D eigenvalue weighted by molar-refractivity contribution is 7.86. The molecule has 0 atom stereocenters. The van der Waals surface area contributed by atoms with Crippen molar-refractivity contribution in [3.05, 3.63) is 83.4 Å². The largest absolute Gasteiger partial charge is 0.492 e. The quantitative estimate of drug-likeness (QED) is 0.180. The number of rotatable bonds is 9. The Bertz CT molecular complexity index is 1530. The van der Waals surface area contributed by atoms with Gasteiger partial charge in [0.05, 0.1) is 6.26 Å². The number of aryl methyl sites for hydroxylation is 1. The van der Waals surface area contributed by atoms with Gasteiger partial charge in [-0.3, -0.25) is 9.69 Å². The van der Waals surface area contributed by atoms with Crippen molar-refractivity contribution >= 4 is 37.3 Å². The average Bonchev–Trinajstić information content (AvgIpc) is 3.27. The van der Waals surface area contributed by atoms with Crippen LogP contribution in [-0.4, -0.2) is 51.6 Å². The Kier molecular flexibility index (Phi) is 7.83. The minimum Gasteiger partial charge on any atom is -0.492 e. The van der Waals surface area contributed by atoms with E-state index >= 15 is 0 Å². The number of likely N-dealkylation sites (tertiary alicyclic amines) is 1. The molecule has 0 saturated carbocycles. The minimum absolute atomic E-state index is 0.0940. The summed E-state index contributed by atoms with van der Waals surface area (Å²) >= 11 is 1.45. The lowest BCUT2D eigenvalue weighted by atomic mass is 9.97. The molecule has 6 nitrogen and oxygen atoms in total. The van der Waals surface area contributed by atoms with Crippen LogP contribution < -0.4 is 8.92 Å². The summed E-state index contributed by atoms with van der Waals surface area (Å²) in [5.74, 6) is 0.875. The molecule has 4 aromatic rings. The van der Waals surface area contributed by atoms with Crippen LogP contribution in [0.1, 0.15) is 40.7 Å². The number of ether oxygens (including phenoxy) is 1. The summed E-state index contributed by atoms with van der Waals surface area (Å²) in [6.07, 6.45) is 4.84. The maximum Gasteiger partial charge on any atom is 0.306 e. The van der Waals surface area contributed by atoms with Crippen LogP contribution in [0.3, 0.4) is 0 Å². The molecule has 198 valence electrons. The van der Waals surface area contributed by atoms with Crippen LogP contribution in [0, 0.1) is 6.92 Å². The third-order valence-electron chi connectivity index (χ3n) is 6.69. The fraction of sp³-hybridized carbons (Fsp3) is 0.300. The molecule has 0 unspecified atom stereocenters. The topological polar surface area (TPSA) is 72.9 Å². The highest BCUT2D eigenvalue weighted by Gasteiger charge is 2.22. The molecule has 2 heterocycles. The minimum atomic E-state index is -3.66. The first kappa shape index (κ1) is 26.4. The summed E-state index contributed by atoms with van der Waals surface area (Å²) < 4.78 is 35.1. The molecule has 5 rings (SSSR count). The number of fused-ring (bicyclic) bond motifs is 1. The van der Waals surface area contributed by atoms with E-state index in [1.54, 1.807) is 18.2 Å². The summed E-state index contributed by atoms with van der Waals surface area (Å²) in [6.45, 7) is 5.82. The van der Waals surface area contributed by atoms with Crippen LogP contribution in [0.15, 0.2) is 66.7 Å². The van der Waals surface area contributed by atoms with Crippen molar-refractivity contribution in [2.45, 2.75) is 26.2 Å². The van der Waals surface area contributed by atoms with E-state index in [0.717, 1.165) is 57.7 Å². The summed E-state index contributed by atoms with van der Waals surface area (Å²) in [7, 11) is -3.66. The number of carbonyl (C=O) groups excluding carboxylic acids is 1. The van der Waals surface area contributed by atoms with Gasteiger partial charge < -0.3 is 8.92 Å². The zero-order valence-corrected chi connectivity index (χ0v) is 23.2. The number of hydrogen-bond acceptors (Lipinski definition) is 7. The Balaban J connectivity index is 1.42. The third kappa shape index (κ3) is 6.26. The van der Waals surface area contributed by atoms with Crippen LogP contribution in [0.2, 0.25) is 0 Å². The van der Waals surface area contributed by atoms with Gasteiger partial charge in [0.2, 0.25) is 0 Å². The number of carbonyl (C=O) groups is 1. The first-order chi connectivity index (χ1) is 18.3. The molecular formula is C30H31NO5S2. The second-order valence-electron chi connectivity index (χ2n) is 9.72. The molecular weight excluding hydrogens is 518 g/mol. The second kappa shape index (κ2) is 11.3. The van der Waals surface area contributed by atoms with Crippen LogP contribution in [0.25, 0.3) is 20.5 Å². The molecule has 38 heavy (non-hydrogen) atoms. The lowest BCUT2D eigenvalue weighted by Gasteiger charge is -2.26. The molecule has 8 heteroatoms. The Morgan fingerprint density at radius 1 is 0.921 bits per heavy atom. The van der Waals surface area contributed by atoms with E-state index in [-0.39, 0.29) is 11.5 Å². The molecule has 1 aliphatic heterocycles. The number of nitrogens with zero attached hydrogens (tertiary/aromatic N) is 1. The molecule has 1 fully saturated rings. The fourth-order valence-electron chi connectivity index (χ4n) is 4.76. The van der Waals surface area contributed by atoms with Crippen molar-refractivity contribution in [2.24, 2.45) is 0 Å². The normalized spacial score (nSPS) is 14.5. The van der Waals surface area contributed by atoms with Crippen molar-refractivity contribution < 1.29 is 22.1 Å². The van der Waals surface area contributed by atoms with Crippen molar-refractivity contribution in [2.75, 3.05) is 32.5 Å². The number of thiophene rings is 1. The van der Waals surface area contributed by atoms with Crippen molar-refractivity contribution in [3.8, 4) is 21.9 Å². The molecule has 0 amide bonds. The van der Waals surface area contributed by atoms with Gasteiger partial charge in [-0.1, -0.05) is 36.2 Å². The lowest BCUT2D eigenvalue weighted by molar-refractivity contribution is 0.104. The van der Waals surface area contributed by atoms with Crippen molar-refractivity contribution in [1.82, 2.24) is 4.90 Å². The van der Waals surface area contributed by atoms with E-state index in [0.29, 0.717) is 17.7 Å². The third-order valence-corrected chi connectivity index (χ3v) is 8.39. The smallest absolute Gasteiger partial charge is 0.306 e. The van der Waals surface area contributed by atoms with Crippen molar-refractivity contribution in [3.63, 3.8) is 0 Å². The van der Waals surface area contributed by atoms with E-state index in [1.807, 2.05) is 55.5 Å². The molecule has 1 aromatic heterocycles. The van der Waals surface area contributed by atoms with Crippen LogP contribution in [-0.2, 0) is 10.1 Å². The van der Waals surface area contributed by atoms with Gasteiger partial charge >= 0.3 is 10.1 Å². The van der Waals surface area contributed by atoms with Gasteiger partial charge in [-0.2, -0.15) is 8.42 Å². The van der Waals surface area contributed by atoms with E-state index < -0.39 is 10.1 Å². The Morgan fingerprint density at radius 2 is 1.61 bits per heavy atom. The summed E-state index contributed by atoms with van der Waals surface area (Å²) in [6, 6.07) is 20.4. The molecule has 1 saturated heterocycles. The number of ketones is 1.